The third kappa shape index (κ3) is 6.55. The maximum atomic E-state index is 12.7. The van der Waals surface area contributed by atoms with Gasteiger partial charge in [0, 0.05) is 18.7 Å². The highest BCUT2D eigenvalue weighted by molar-refractivity contribution is 5.95. The number of alkyl carbamates (subject to hydrolysis) is 1. The summed E-state index contributed by atoms with van der Waals surface area (Å²) in [6.07, 6.45) is -0.322. The lowest BCUT2D eigenvalue weighted by Crippen LogP contribution is -2.48. The van der Waals surface area contributed by atoms with E-state index in [1.165, 1.54) is 0 Å². The second-order valence-electron chi connectivity index (χ2n) is 6.99. The van der Waals surface area contributed by atoms with E-state index in [1.54, 1.807) is 12.1 Å². The Kier molecular flexibility index (Phi) is 8.20. The molecule has 2 aromatic rings. The normalized spacial score (nSPS) is 15.2. The number of carbonyl (C=O) groups is 2. The van der Waals surface area contributed by atoms with Gasteiger partial charge < -0.3 is 19.9 Å². The summed E-state index contributed by atoms with van der Waals surface area (Å²) in [5.74, 6) is -0.226. The van der Waals surface area contributed by atoms with Gasteiger partial charge in [-0.2, -0.15) is 0 Å². The van der Waals surface area contributed by atoms with Crippen LogP contribution in [0.5, 0.6) is 0 Å². The van der Waals surface area contributed by atoms with Gasteiger partial charge in [-0.15, -0.1) is 0 Å². The largest absolute Gasteiger partial charge is 0.445 e. The van der Waals surface area contributed by atoms with E-state index in [0.717, 1.165) is 11.1 Å². The molecule has 1 fully saturated rings. The average Bonchev–Trinajstić information content (AvgIpc) is 2.79. The van der Waals surface area contributed by atoms with Gasteiger partial charge in [-0.05, 0) is 23.6 Å². The van der Waals surface area contributed by atoms with Crippen molar-refractivity contribution in [3.63, 3.8) is 0 Å². The van der Waals surface area contributed by atoms with Crippen molar-refractivity contribution in [3.8, 4) is 0 Å². The molecule has 30 heavy (non-hydrogen) atoms. The summed E-state index contributed by atoms with van der Waals surface area (Å²) in [5, 5.41) is 14.2. The lowest BCUT2D eigenvalue weighted by Gasteiger charge is -2.27. The Hall–Kier alpha value is -2.94. The minimum absolute atomic E-state index is 0.142. The van der Waals surface area contributed by atoms with Crippen LogP contribution in [0.4, 0.5) is 4.79 Å². The highest BCUT2D eigenvalue weighted by atomic mass is 16.5. The van der Waals surface area contributed by atoms with Gasteiger partial charge in [0.25, 0.3) is 5.91 Å². The summed E-state index contributed by atoms with van der Waals surface area (Å²) in [6.45, 7) is 2.26. The van der Waals surface area contributed by atoms with Gasteiger partial charge in [-0.1, -0.05) is 48.5 Å². The molecule has 8 nitrogen and oxygen atoms in total. The topological polar surface area (TPSA) is 100 Å². The number of morpholine rings is 1. The van der Waals surface area contributed by atoms with Crippen LogP contribution in [-0.2, 0) is 22.5 Å². The van der Waals surface area contributed by atoms with E-state index >= 15 is 0 Å². The fourth-order valence-electron chi connectivity index (χ4n) is 3.16. The summed E-state index contributed by atoms with van der Waals surface area (Å²) in [7, 11) is 0. The molecule has 160 valence electrons. The maximum Gasteiger partial charge on any atom is 0.407 e. The van der Waals surface area contributed by atoms with E-state index in [-0.39, 0.29) is 19.1 Å². The molecule has 0 radical (unpaired) electrons. The summed E-state index contributed by atoms with van der Waals surface area (Å²) in [6, 6.07) is 15.9. The van der Waals surface area contributed by atoms with Crippen LogP contribution >= 0.6 is 0 Å². The minimum atomic E-state index is -0.617. The fraction of sp³-hybridized carbons (Fsp3) is 0.364. The molecule has 0 bridgehead atoms. The summed E-state index contributed by atoms with van der Waals surface area (Å²) in [5.41, 5.74) is 4.99. The number of nitrogens with one attached hydrogen (secondary N) is 2. The molecule has 1 atom stereocenters. The number of rotatable bonds is 8. The molecule has 0 aliphatic carbocycles. The number of aliphatic hydroxyl groups is 1. The number of nitrogens with zero attached hydrogens (tertiary/aromatic N) is 1. The Bertz CT molecular complexity index is 825. The predicted octanol–water partition coefficient (Wildman–Crippen LogP) is 1.49. The second kappa shape index (κ2) is 11.3. The highest BCUT2D eigenvalue weighted by Gasteiger charge is 2.20. The van der Waals surface area contributed by atoms with Crippen molar-refractivity contribution in [2.75, 3.05) is 32.9 Å². The Labute approximate surface area is 175 Å². The van der Waals surface area contributed by atoms with Crippen molar-refractivity contribution in [1.29, 1.82) is 0 Å². The number of carbonyl (C=O) groups excluding carboxylic acids is 2. The van der Waals surface area contributed by atoms with Crippen LogP contribution in [0.15, 0.2) is 54.6 Å². The van der Waals surface area contributed by atoms with Gasteiger partial charge in [0.05, 0.1) is 25.9 Å². The number of benzene rings is 2. The first-order valence-corrected chi connectivity index (χ1v) is 9.95. The average molecular weight is 413 g/mol. The molecule has 1 aliphatic rings. The second-order valence-corrected chi connectivity index (χ2v) is 6.99. The van der Waals surface area contributed by atoms with E-state index < -0.39 is 12.1 Å². The van der Waals surface area contributed by atoms with Crippen LogP contribution in [0.1, 0.15) is 21.5 Å². The van der Waals surface area contributed by atoms with Crippen molar-refractivity contribution in [1.82, 2.24) is 15.8 Å². The smallest absolute Gasteiger partial charge is 0.407 e. The molecule has 1 aliphatic heterocycles. The van der Waals surface area contributed by atoms with Crippen molar-refractivity contribution in [2.45, 2.75) is 19.1 Å². The number of hydrazine groups is 1. The zero-order valence-electron chi connectivity index (χ0n) is 16.8. The van der Waals surface area contributed by atoms with Gasteiger partial charge in [0.2, 0.25) is 0 Å². The molecule has 3 rings (SSSR count). The summed E-state index contributed by atoms with van der Waals surface area (Å²) >= 11 is 0. The molecular formula is C22H27N3O5. The first-order chi connectivity index (χ1) is 14.7. The zero-order valence-corrected chi connectivity index (χ0v) is 16.8. The zero-order chi connectivity index (χ0) is 21.2. The molecule has 1 heterocycles. The summed E-state index contributed by atoms with van der Waals surface area (Å²) < 4.78 is 10.5. The van der Waals surface area contributed by atoms with E-state index in [9.17, 15) is 14.7 Å². The third-order valence-electron chi connectivity index (χ3n) is 4.75. The van der Waals surface area contributed by atoms with E-state index in [1.807, 2.05) is 47.5 Å². The molecule has 0 saturated carbocycles. The molecule has 2 aromatic carbocycles. The Balaban J connectivity index is 1.56. The SMILES string of the molecule is O=C(N[C@@H](CO)Cc1ccccc1C(=O)NN1CCOCC1)OCc1ccccc1. The van der Waals surface area contributed by atoms with Gasteiger partial charge in [-0.25, -0.2) is 9.80 Å². The van der Waals surface area contributed by atoms with E-state index in [0.29, 0.717) is 38.3 Å². The van der Waals surface area contributed by atoms with Crippen LogP contribution in [0.3, 0.4) is 0 Å². The molecule has 2 amide bonds. The number of ether oxygens (including phenoxy) is 2. The quantitative estimate of drug-likeness (QED) is 0.606. The van der Waals surface area contributed by atoms with E-state index in [4.69, 9.17) is 9.47 Å². The molecular weight excluding hydrogens is 386 g/mol. The van der Waals surface area contributed by atoms with Crippen molar-refractivity contribution >= 4 is 12.0 Å². The number of aliphatic hydroxyl groups excluding tert-OH is 1. The first-order valence-electron chi connectivity index (χ1n) is 9.95. The lowest BCUT2D eigenvalue weighted by atomic mass is 10.00. The predicted molar refractivity (Wildman–Crippen MR) is 111 cm³/mol. The van der Waals surface area contributed by atoms with Gasteiger partial charge in [0.1, 0.15) is 6.61 Å². The number of hydrogen-bond donors (Lipinski definition) is 3. The van der Waals surface area contributed by atoms with Crippen LogP contribution in [0.2, 0.25) is 0 Å². The summed E-state index contributed by atoms with van der Waals surface area (Å²) in [4.78, 5) is 24.8. The number of hydrogen-bond acceptors (Lipinski definition) is 6. The van der Waals surface area contributed by atoms with Crippen LogP contribution in [0, 0.1) is 0 Å². The molecule has 8 heteroatoms. The Morgan fingerprint density at radius 3 is 2.50 bits per heavy atom. The maximum absolute atomic E-state index is 12.7. The van der Waals surface area contributed by atoms with Crippen molar-refractivity contribution < 1.29 is 24.2 Å². The van der Waals surface area contributed by atoms with Crippen LogP contribution in [0.25, 0.3) is 0 Å². The molecule has 3 N–H and O–H groups in total. The van der Waals surface area contributed by atoms with Crippen molar-refractivity contribution in [3.05, 3.63) is 71.3 Å². The van der Waals surface area contributed by atoms with Crippen LogP contribution < -0.4 is 10.7 Å². The van der Waals surface area contributed by atoms with E-state index in [2.05, 4.69) is 10.7 Å². The monoisotopic (exact) mass is 413 g/mol. The van der Waals surface area contributed by atoms with Gasteiger partial charge >= 0.3 is 6.09 Å². The Morgan fingerprint density at radius 2 is 1.77 bits per heavy atom. The highest BCUT2D eigenvalue weighted by Crippen LogP contribution is 2.12. The van der Waals surface area contributed by atoms with Crippen molar-refractivity contribution in [2.24, 2.45) is 0 Å². The third-order valence-corrected chi connectivity index (χ3v) is 4.75. The molecule has 1 saturated heterocycles. The van der Waals surface area contributed by atoms with Gasteiger partial charge in [-0.3, -0.25) is 10.2 Å². The fourth-order valence-corrected chi connectivity index (χ4v) is 3.16. The Morgan fingerprint density at radius 1 is 1.07 bits per heavy atom. The number of amides is 2. The van der Waals surface area contributed by atoms with Crippen LogP contribution in [-0.4, -0.2) is 61.1 Å². The molecule has 0 spiro atoms. The first kappa shape index (κ1) is 21.8. The standard InChI is InChI=1S/C22H27N3O5/c26-15-19(23-22(28)30-16-17-6-2-1-3-7-17)14-18-8-4-5-9-20(18)21(27)24-25-10-12-29-13-11-25/h1-9,19,26H,10-16H2,(H,23,28)(H,24,27)/t19-/m1/s1. The minimum Gasteiger partial charge on any atom is -0.445 e. The molecule has 0 unspecified atom stereocenters. The lowest BCUT2D eigenvalue weighted by molar-refractivity contribution is 0.0126. The van der Waals surface area contributed by atoms with Gasteiger partial charge in [0.15, 0.2) is 0 Å². The molecule has 0 aromatic heterocycles.